The van der Waals surface area contributed by atoms with Crippen molar-refractivity contribution in [2.45, 2.75) is 6.42 Å². The zero-order valence-electron chi connectivity index (χ0n) is 17.9. The van der Waals surface area contributed by atoms with Gasteiger partial charge in [0, 0.05) is 56.5 Å². The number of pyridine rings is 1. The molecule has 0 saturated heterocycles. The summed E-state index contributed by atoms with van der Waals surface area (Å²) in [6.07, 6.45) is 1.76. The molecule has 0 bridgehead atoms. The molecule has 0 saturated carbocycles. The number of hydrogen-bond donors (Lipinski definition) is 1. The van der Waals surface area contributed by atoms with Gasteiger partial charge in [0.25, 0.3) is 15.6 Å². The van der Waals surface area contributed by atoms with Crippen LogP contribution in [-0.4, -0.2) is 27.1 Å². The van der Waals surface area contributed by atoms with Gasteiger partial charge in [0.1, 0.15) is 17.3 Å². The molecule has 1 N–H and O–H groups in total. The summed E-state index contributed by atoms with van der Waals surface area (Å²) in [6, 6.07) is 9.88. The maximum Gasteiger partial charge on any atom is 0.273 e. The Morgan fingerprint density at radius 3 is 2.41 bits per heavy atom. The summed E-state index contributed by atoms with van der Waals surface area (Å²) in [5.74, 6) is -1.35. The fraction of sp³-hybridized carbons (Fsp3) is 0.174. The molecule has 0 amide bonds. The number of nitrogens with one attached hydrogen (secondary N) is 1. The van der Waals surface area contributed by atoms with Crippen LogP contribution >= 0.6 is 0 Å². The van der Waals surface area contributed by atoms with E-state index < -0.39 is 21.7 Å². The Balaban J connectivity index is 2.20. The lowest BCUT2D eigenvalue weighted by Gasteiger charge is -2.18. The number of rotatable bonds is 7. The molecule has 32 heavy (non-hydrogen) atoms. The number of sulfonamides is 1. The van der Waals surface area contributed by atoms with Gasteiger partial charge in [0.2, 0.25) is 0 Å². The Hall–Kier alpha value is -3.46. The molecule has 3 aromatic rings. The van der Waals surface area contributed by atoms with Gasteiger partial charge in [-0.2, -0.15) is 0 Å². The van der Waals surface area contributed by atoms with Crippen molar-refractivity contribution >= 4 is 21.4 Å². The van der Waals surface area contributed by atoms with Gasteiger partial charge >= 0.3 is 0 Å². The molecule has 0 unspecified atom stereocenters. The van der Waals surface area contributed by atoms with Crippen LogP contribution in [0, 0.1) is 11.6 Å². The maximum atomic E-state index is 14.3. The van der Waals surface area contributed by atoms with Crippen LogP contribution in [0.5, 0.6) is 0 Å². The Kier molecular flexibility index (Phi) is 6.50. The van der Waals surface area contributed by atoms with Crippen LogP contribution in [0.25, 0.3) is 11.1 Å². The first-order valence-corrected chi connectivity index (χ1v) is 11.2. The smallest absolute Gasteiger partial charge is 0.273 e. The number of hydrogen-bond acceptors (Lipinski definition) is 4. The van der Waals surface area contributed by atoms with Gasteiger partial charge in [-0.1, -0.05) is 18.7 Å². The van der Waals surface area contributed by atoms with Crippen molar-refractivity contribution in [2.24, 2.45) is 7.05 Å². The van der Waals surface area contributed by atoms with Gasteiger partial charge in [0.05, 0.1) is 0 Å². The van der Waals surface area contributed by atoms with Crippen LogP contribution < -0.4 is 15.2 Å². The summed E-state index contributed by atoms with van der Waals surface area (Å²) in [5.41, 5.74) is 2.69. The van der Waals surface area contributed by atoms with Gasteiger partial charge in [-0.15, -0.1) is 0 Å². The molecular formula is C23H23F2N3O3S. The summed E-state index contributed by atoms with van der Waals surface area (Å²) in [7, 11) is 1.35. The van der Waals surface area contributed by atoms with Gasteiger partial charge in [0.15, 0.2) is 0 Å². The van der Waals surface area contributed by atoms with E-state index in [1.54, 1.807) is 56.5 Å². The van der Waals surface area contributed by atoms with E-state index in [4.69, 9.17) is 0 Å². The molecule has 0 aliphatic carbocycles. The van der Waals surface area contributed by atoms with Crippen molar-refractivity contribution < 1.29 is 17.2 Å². The zero-order chi connectivity index (χ0) is 23.6. The zero-order valence-corrected chi connectivity index (χ0v) is 18.7. The summed E-state index contributed by atoms with van der Waals surface area (Å²) < 4.78 is 55.4. The molecular weight excluding hydrogens is 436 g/mol. The second-order valence-corrected chi connectivity index (χ2v) is 9.15. The van der Waals surface area contributed by atoms with Gasteiger partial charge in [-0.05, 0) is 41.0 Å². The van der Waals surface area contributed by atoms with E-state index >= 15 is 0 Å². The Bertz CT molecular complexity index is 1350. The van der Waals surface area contributed by atoms with Crippen LogP contribution in [0.2, 0.25) is 0 Å². The van der Waals surface area contributed by atoms with E-state index in [0.29, 0.717) is 22.4 Å². The molecule has 0 spiro atoms. The van der Waals surface area contributed by atoms with E-state index in [0.717, 1.165) is 11.5 Å². The van der Waals surface area contributed by atoms with Crippen molar-refractivity contribution in [3.63, 3.8) is 0 Å². The van der Waals surface area contributed by atoms with Crippen LogP contribution in [0.3, 0.4) is 0 Å². The minimum absolute atomic E-state index is 0.135. The SMILES string of the molecule is C=CS(=O)(=O)Nc1ccc(Cc2ccc(F)cc2F)c(-c2cc(N(C)C)c(=O)n(C)c2)c1. The molecule has 1 aromatic heterocycles. The molecule has 9 heteroatoms. The number of aryl methyl sites for hydroxylation is 1. The van der Waals surface area contributed by atoms with Gasteiger partial charge < -0.3 is 9.47 Å². The lowest BCUT2D eigenvalue weighted by molar-refractivity contribution is 0.574. The summed E-state index contributed by atoms with van der Waals surface area (Å²) in [5, 5.41) is 0.796. The molecule has 168 valence electrons. The van der Waals surface area contributed by atoms with Crippen molar-refractivity contribution in [1.29, 1.82) is 0 Å². The fourth-order valence-electron chi connectivity index (χ4n) is 3.30. The third-order valence-electron chi connectivity index (χ3n) is 4.94. The number of anilines is 2. The third-order valence-corrected chi connectivity index (χ3v) is 5.90. The first kappa shape index (κ1) is 23.2. The highest BCUT2D eigenvalue weighted by Crippen LogP contribution is 2.31. The Morgan fingerprint density at radius 2 is 1.78 bits per heavy atom. The van der Waals surface area contributed by atoms with E-state index in [2.05, 4.69) is 11.3 Å². The highest BCUT2D eigenvalue weighted by molar-refractivity contribution is 7.95. The molecule has 6 nitrogen and oxygen atoms in total. The highest BCUT2D eigenvalue weighted by atomic mass is 32.2. The number of halogens is 2. The minimum atomic E-state index is -3.74. The van der Waals surface area contributed by atoms with Gasteiger partial charge in [-0.25, -0.2) is 17.2 Å². The first-order valence-electron chi connectivity index (χ1n) is 9.61. The average molecular weight is 460 g/mol. The van der Waals surface area contributed by atoms with E-state index in [1.165, 1.54) is 16.7 Å². The van der Waals surface area contributed by atoms with Crippen LogP contribution in [0.4, 0.5) is 20.2 Å². The van der Waals surface area contributed by atoms with Crippen LogP contribution in [0.15, 0.2) is 65.4 Å². The van der Waals surface area contributed by atoms with Crippen LogP contribution in [0.1, 0.15) is 11.1 Å². The maximum absolute atomic E-state index is 14.3. The molecule has 0 aliphatic rings. The summed E-state index contributed by atoms with van der Waals surface area (Å²) in [6.45, 7) is 3.29. The van der Waals surface area contributed by atoms with E-state index in [1.807, 2.05) is 0 Å². The van der Waals surface area contributed by atoms with Crippen molar-refractivity contribution in [2.75, 3.05) is 23.7 Å². The van der Waals surface area contributed by atoms with Crippen LogP contribution in [-0.2, 0) is 23.5 Å². The molecule has 0 atom stereocenters. The van der Waals surface area contributed by atoms with Crippen molar-refractivity contribution in [3.05, 3.63) is 93.8 Å². The Labute approximate surface area is 185 Å². The second-order valence-electron chi connectivity index (χ2n) is 7.52. The number of aromatic nitrogens is 1. The number of nitrogens with zero attached hydrogens (tertiary/aromatic N) is 2. The molecule has 1 heterocycles. The standard InChI is InChI=1S/C23H23F2N3O3S/c1-5-32(30,31)26-19-9-7-15(10-16-6-8-18(24)12-21(16)25)20(13-19)17-11-22(27(2)3)23(29)28(4)14-17/h5-9,11-14,26H,1,10H2,2-4H3. The largest absolute Gasteiger partial charge is 0.373 e. The molecule has 0 radical (unpaired) electrons. The van der Waals surface area contributed by atoms with Gasteiger partial charge in [-0.3, -0.25) is 9.52 Å². The average Bonchev–Trinajstić information content (AvgIpc) is 2.72. The normalized spacial score (nSPS) is 11.3. The first-order chi connectivity index (χ1) is 15.0. The quantitative estimate of drug-likeness (QED) is 0.582. The topological polar surface area (TPSA) is 71.4 Å². The Morgan fingerprint density at radius 1 is 1.09 bits per heavy atom. The summed E-state index contributed by atoms with van der Waals surface area (Å²) >= 11 is 0. The van der Waals surface area contributed by atoms with E-state index in [-0.39, 0.29) is 23.2 Å². The monoisotopic (exact) mass is 459 g/mol. The predicted molar refractivity (Wildman–Crippen MR) is 123 cm³/mol. The molecule has 2 aromatic carbocycles. The lowest BCUT2D eigenvalue weighted by atomic mass is 9.94. The highest BCUT2D eigenvalue weighted by Gasteiger charge is 2.15. The minimum Gasteiger partial charge on any atom is -0.373 e. The van der Waals surface area contributed by atoms with E-state index in [9.17, 15) is 22.0 Å². The summed E-state index contributed by atoms with van der Waals surface area (Å²) in [4.78, 5) is 14.1. The molecule has 0 fully saturated rings. The van der Waals surface area contributed by atoms with Crippen molar-refractivity contribution in [3.8, 4) is 11.1 Å². The second kappa shape index (κ2) is 8.96. The lowest BCUT2D eigenvalue weighted by Crippen LogP contribution is -2.25. The number of benzene rings is 2. The molecule has 0 aliphatic heterocycles. The predicted octanol–water partition coefficient (Wildman–Crippen LogP) is 3.87. The third kappa shape index (κ3) is 5.05. The fourth-order valence-corrected chi connectivity index (χ4v) is 3.84. The van der Waals surface area contributed by atoms with Crippen molar-refractivity contribution in [1.82, 2.24) is 4.57 Å². The molecule has 3 rings (SSSR count).